The molecule has 0 fully saturated rings. The van der Waals surface area contributed by atoms with Crippen molar-refractivity contribution in [3.8, 4) is 0 Å². The van der Waals surface area contributed by atoms with Crippen molar-refractivity contribution in [1.82, 2.24) is 24.5 Å². The number of carbonyl (C=O) groups excluding carboxylic acids is 1. The third-order valence-corrected chi connectivity index (χ3v) is 5.01. The van der Waals surface area contributed by atoms with Crippen molar-refractivity contribution in [3.63, 3.8) is 0 Å². The first-order valence-electron chi connectivity index (χ1n) is 10.8. The van der Waals surface area contributed by atoms with Crippen LogP contribution in [-0.2, 0) is 24.0 Å². The third kappa shape index (κ3) is 14.9. The minimum absolute atomic E-state index is 0.0196. The molecule has 0 rings (SSSR count). The van der Waals surface area contributed by atoms with E-state index in [0.29, 0.717) is 13.1 Å². The van der Waals surface area contributed by atoms with Crippen LogP contribution in [0.25, 0.3) is 0 Å². The van der Waals surface area contributed by atoms with Gasteiger partial charge in [-0.3, -0.25) is 38.7 Å². The summed E-state index contributed by atoms with van der Waals surface area (Å²) in [4.78, 5) is 64.4. The molecule has 35 heavy (non-hydrogen) atoms. The summed E-state index contributed by atoms with van der Waals surface area (Å²) in [6, 6.07) is -1.17. The van der Waals surface area contributed by atoms with Gasteiger partial charge in [0.05, 0.1) is 32.8 Å². The second-order valence-electron chi connectivity index (χ2n) is 8.29. The van der Waals surface area contributed by atoms with Gasteiger partial charge in [0.15, 0.2) is 0 Å². The van der Waals surface area contributed by atoms with E-state index in [1.54, 1.807) is 0 Å². The lowest BCUT2D eigenvalue weighted by Crippen LogP contribution is -2.54. The quantitative estimate of drug-likeness (QED) is 0.109. The van der Waals surface area contributed by atoms with Gasteiger partial charge in [0, 0.05) is 46.3 Å². The van der Waals surface area contributed by atoms with Crippen molar-refractivity contribution < 1.29 is 49.5 Å². The highest BCUT2D eigenvalue weighted by atomic mass is 16.4. The number of hydrogen-bond donors (Lipinski definition) is 5. The smallest absolute Gasteiger partial charge is 0.317 e. The van der Waals surface area contributed by atoms with Crippen LogP contribution >= 0.6 is 0 Å². The fourth-order valence-electron chi connectivity index (χ4n) is 3.19. The second-order valence-corrected chi connectivity index (χ2v) is 8.29. The Hall–Kier alpha value is -2.85. The highest BCUT2D eigenvalue weighted by molar-refractivity contribution is 5.82. The molecule has 0 saturated carbocycles. The first kappa shape index (κ1) is 32.1. The van der Waals surface area contributed by atoms with Gasteiger partial charge in [0.1, 0.15) is 6.04 Å². The molecule has 0 aromatic carbocycles. The van der Waals surface area contributed by atoms with E-state index in [9.17, 15) is 39.3 Å². The summed E-state index contributed by atoms with van der Waals surface area (Å²) in [5.41, 5.74) is 0. The molecule has 0 aliphatic carbocycles. The summed E-state index contributed by atoms with van der Waals surface area (Å²) < 4.78 is 0. The van der Waals surface area contributed by atoms with E-state index in [-0.39, 0.29) is 26.2 Å². The lowest BCUT2D eigenvalue weighted by Gasteiger charge is -2.33. The Morgan fingerprint density at radius 2 is 1.03 bits per heavy atom. The minimum atomic E-state index is -1.24. The summed E-state index contributed by atoms with van der Waals surface area (Å²) in [7, 11) is 5.18. The molecule has 1 unspecified atom stereocenters. The van der Waals surface area contributed by atoms with Crippen LogP contribution in [0, 0.1) is 0 Å². The molecule has 0 spiro atoms. The van der Waals surface area contributed by atoms with E-state index in [1.165, 1.54) is 21.7 Å². The van der Waals surface area contributed by atoms with E-state index in [2.05, 4.69) is 0 Å². The maximum absolute atomic E-state index is 12.8. The van der Waals surface area contributed by atoms with Gasteiger partial charge in [0.25, 0.3) is 0 Å². The van der Waals surface area contributed by atoms with Crippen LogP contribution in [0.4, 0.5) is 0 Å². The largest absolute Gasteiger partial charge is 0.480 e. The van der Waals surface area contributed by atoms with Crippen molar-refractivity contribution in [2.45, 2.75) is 6.04 Å². The fourth-order valence-corrected chi connectivity index (χ4v) is 3.19. The van der Waals surface area contributed by atoms with Crippen molar-refractivity contribution in [1.29, 1.82) is 0 Å². The molecule has 1 atom stereocenters. The molecule has 1 amide bonds. The topological polar surface area (TPSA) is 203 Å². The molecule has 0 bridgehead atoms. The molecule has 0 aromatic heterocycles. The van der Waals surface area contributed by atoms with Crippen LogP contribution in [-0.4, -0.2) is 179 Å². The molecule has 5 N–H and O–H groups in total. The van der Waals surface area contributed by atoms with Gasteiger partial charge in [-0.15, -0.1) is 0 Å². The average molecular weight is 508 g/mol. The molecule has 0 heterocycles. The van der Waals surface area contributed by atoms with Gasteiger partial charge in [-0.25, -0.2) is 0 Å². The molecular weight excluding hydrogens is 470 g/mol. The first-order chi connectivity index (χ1) is 16.3. The zero-order valence-corrected chi connectivity index (χ0v) is 20.4. The number of carboxylic acids is 4. The Kier molecular flexibility index (Phi) is 15.4. The summed E-state index contributed by atoms with van der Waals surface area (Å²) >= 11 is 0. The predicted molar refractivity (Wildman–Crippen MR) is 122 cm³/mol. The summed E-state index contributed by atoms with van der Waals surface area (Å²) in [6.45, 7) is -2.13. The second kappa shape index (κ2) is 16.7. The molecule has 202 valence electrons. The van der Waals surface area contributed by atoms with Crippen LogP contribution in [0.3, 0.4) is 0 Å². The maximum atomic E-state index is 12.8. The highest BCUT2D eigenvalue weighted by Gasteiger charge is 2.30. The van der Waals surface area contributed by atoms with E-state index >= 15 is 0 Å². The van der Waals surface area contributed by atoms with Crippen molar-refractivity contribution in [3.05, 3.63) is 0 Å². The average Bonchev–Trinajstić information content (AvgIpc) is 2.72. The van der Waals surface area contributed by atoms with E-state index in [1.807, 2.05) is 19.0 Å². The van der Waals surface area contributed by atoms with Gasteiger partial charge in [-0.1, -0.05) is 0 Å². The lowest BCUT2D eigenvalue weighted by molar-refractivity contribution is -0.144. The lowest BCUT2D eigenvalue weighted by atomic mass is 10.2. The third-order valence-electron chi connectivity index (χ3n) is 5.01. The maximum Gasteiger partial charge on any atom is 0.317 e. The van der Waals surface area contributed by atoms with Crippen LogP contribution in [0.15, 0.2) is 0 Å². The number of rotatable bonds is 20. The molecule has 0 aromatic rings. The van der Waals surface area contributed by atoms with Crippen molar-refractivity contribution in [2.24, 2.45) is 0 Å². The van der Waals surface area contributed by atoms with Gasteiger partial charge < -0.3 is 35.3 Å². The number of nitrogens with zero attached hydrogens (tertiary/aromatic N) is 5. The highest BCUT2D eigenvalue weighted by Crippen LogP contribution is 2.06. The SMILES string of the molecule is CN(C)CCN(C)C(=O)C(CO)N(CCN(CCN(CC(=O)O)CC(=O)O)CC(=O)O)CC(=O)O. The first-order valence-corrected chi connectivity index (χ1v) is 10.8. The molecule has 0 aliphatic rings. The molecular formula is C20H37N5O10. The molecule has 0 aliphatic heterocycles. The summed E-state index contributed by atoms with van der Waals surface area (Å²) in [6.07, 6.45) is 0. The van der Waals surface area contributed by atoms with Crippen LogP contribution < -0.4 is 0 Å². The standard InChI is InChI=1S/C20H37N5O10/c1-21(2)4-5-22(3)20(35)15(14-26)25(13-19(33)34)9-8-23(10-16(27)28)6-7-24(11-17(29)30)12-18(31)32/h15,26H,4-14H2,1-3H3,(H,27,28)(H,29,30)(H,31,32)(H,33,34). The van der Waals surface area contributed by atoms with E-state index in [0.717, 1.165) is 4.90 Å². The number of carbonyl (C=O) groups is 5. The van der Waals surface area contributed by atoms with Gasteiger partial charge >= 0.3 is 23.9 Å². The molecule has 15 heteroatoms. The number of aliphatic carboxylic acids is 4. The summed E-state index contributed by atoms with van der Waals surface area (Å²) in [5, 5.41) is 46.3. The molecule has 15 nitrogen and oxygen atoms in total. The van der Waals surface area contributed by atoms with Gasteiger partial charge in [0.2, 0.25) is 5.91 Å². The Morgan fingerprint density at radius 3 is 1.46 bits per heavy atom. The van der Waals surface area contributed by atoms with Crippen LogP contribution in [0.5, 0.6) is 0 Å². The number of hydrogen-bond acceptors (Lipinski definition) is 10. The Labute approximate surface area is 203 Å². The van der Waals surface area contributed by atoms with Crippen LogP contribution in [0.1, 0.15) is 0 Å². The number of aliphatic hydroxyl groups excluding tert-OH is 1. The van der Waals surface area contributed by atoms with E-state index in [4.69, 9.17) is 10.2 Å². The Morgan fingerprint density at radius 1 is 0.600 bits per heavy atom. The van der Waals surface area contributed by atoms with Crippen molar-refractivity contribution >= 4 is 29.8 Å². The van der Waals surface area contributed by atoms with Crippen molar-refractivity contribution in [2.75, 3.05) is 93.2 Å². The minimum Gasteiger partial charge on any atom is -0.480 e. The zero-order valence-electron chi connectivity index (χ0n) is 20.4. The fraction of sp³-hybridized carbons (Fsp3) is 0.750. The summed E-state index contributed by atoms with van der Waals surface area (Å²) in [5.74, 6) is -5.42. The van der Waals surface area contributed by atoms with E-state index < -0.39 is 68.6 Å². The Balaban J connectivity index is 5.41. The zero-order chi connectivity index (χ0) is 27.1. The van der Waals surface area contributed by atoms with Crippen LogP contribution in [0.2, 0.25) is 0 Å². The monoisotopic (exact) mass is 507 g/mol. The molecule has 0 radical (unpaired) electrons. The number of carboxylic acid groups (broad SMARTS) is 4. The number of amides is 1. The number of likely N-dealkylation sites (N-methyl/N-ethyl adjacent to an activating group) is 2. The molecule has 0 saturated heterocycles. The van der Waals surface area contributed by atoms with Gasteiger partial charge in [-0.05, 0) is 14.1 Å². The normalized spacial score (nSPS) is 12.3. The van der Waals surface area contributed by atoms with Gasteiger partial charge in [-0.2, -0.15) is 0 Å². The Bertz CT molecular complexity index is 704. The number of aliphatic hydroxyl groups is 1. The predicted octanol–water partition coefficient (Wildman–Crippen LogP) is -3.39.